The Bertz CT molecular complexity index is 305. The number of hydrogen-bond acceptors (Lipinski definition) is 1. The van der Waals surface area contributed by atoms with Crippen molar-refractivity contribution in [2.75, 3.05) is 7.11 Å². The first kappa shape index (κ1) is 9.17. The van der Waals surface area contributed by atoms with E-state index in [0.29, 0.717) is 0 Å². The molecule has 0 spiro atoms. The van der Waals surface area contributed by atoms with Crippen molar-refractivity contribution in [3.8, 4) is 5.75 Å². The van der Waals surface area contributed by atoms with Gasteiger partial charge in [0.25, 0.3) is 0 Å². The van der Waals surface area contributed by atoms with Gasteiger partial charge < -0.3 is 4.74 Å². The number of hydrogen-bond donors (Lipinski definition) is 0. The smallest absolute Gasteiger partial charge is 0.130 e. The Morgan fingerprint density at radius 1 is 1.23 bits per heavy atom. The van der Waals surface area contributed by atoms with Crippen LogP contribution >= 0.6 is 23.2 Å². The molecule has 1 fully saturated rings. The molecule has 0 N–H and O–H groups in total. The highest BCUT2D eigenvalue weighted by Crippen LogP contribution is 2.58. The normalized spacial score (nSPS) is 19.9. The van der Waals surface area contributed by atoms with Crippen LogP contribution in [0.3, 0.4) is 0 Å². The summed E-state index contributed by atoms with van der Waals surface area (Å²) in [5.74, 6) is 1.94. The molecule has 1 saturated carbocycles. The Morgan fingerprint density at radius 2 is 1.77 bits per heavy atom. The van der Waals surface area contributed by atoms with Gasteiger partial charge in [-0.05, 0) is 24.1 Å². The summed E-state index contributed by atoms with van der Waals surface area (Å²) in [6.45, 7) is 0. The topological polar surface area (TPSA) is 9.23 Å². The van der Waals surface area contributed by atoms with Gasteiger partial charge in [-0.3, -0.25) is 0 Å². The summed E-state index contributed by atoms with van der Waals surface area (Å²) in [5, 5.41) is 0. The number of benzene rings is 1. The average molecular weight is 216 g/mol. The number of rotatable bonds is 2. The summed E-state index contributed by atoms with van der Waals surface area (Å²) in [5.41, 5.74) is 1.10. The lowest BCUT2D eigenvalue weighted by atomic mass is 10.1. The molecule has 1 radical (unpaired) electrons. The Morgan fingerprint density at radius 3 is 2.15 bits per heavy atom. The third-order valence-electron chi connectivity index (χ3n) is 2.15. The maximum atomic E-state index is 5.91. The first-order valence-corrected chi connectivity index (χ1v) is 4.77. The Labute approximate surface area is 87.6 Å². The van der Waals surface area contributed by atoms with Gasteiger partial charge in [-0.1, -0.05) is 12.1 Å². The first-order valence-electron chi connectivity index (χ1n) is 4.02. The SMILES string of the molecule is COc1ccc([C]2CC2(Cl)Cl)cc1. The molecule has 0 unspecified atom stereocenters. The largest absolute Gasteiger partial charge is 0.497 e. The first-order chi connectivity index (χ1) is 6.13. The van der Waals surface area contributed by atoms with Crippen molar-refractivity contribution in [1.82, 2.24) is 0 Å². The molecule has 0 amide bonds. The lowest BCUT2D eigenvalue weighted by Gasteiger charge is -2.02. The van der Waals surface area contributed by atoms with Gasteiger partial charge in [0.05, 0.1) is 7.11 Å². The van der Waals surface area contributed by atoms with Crippen LogP contribution in [-0.2, 0) is 0 Å². The van der Waals surface area contributed by atoms with Gasteiger partial charge in [0.15, 0.2) is 0 Å². The zero-order valence-electron chi connectivity index (χ0n) is 7.18. The minimum atomic E-state index is -0.616. The van der Waals surface area contributed by atoms with E-state index in [2.05, 4.69) is 0 Å². The summed E-state index contributed by atoms with van der Waals surface area (Å²) in [6, 6.07) is 7.76. The van der Waals surface area contributed by atoms with E-state index in [4.69, 9.17) is 27.9 Å². The number of ether oxygens (including phenoxy) is 1. The predicted octanol–water partition coefficient (Wildman–Crippen LogP) is 3.20. The molecule has 2 rings (SSSR count). The van der Waals surface area contributed by atoms with Crippen LogP contribution in [0, 0.1) is 5.92 Å². The van der Waals surface area contributed by atoms with E-state index in [1.54, 1.807) is 7.11 Å². The van der Waals surface area contributed by atoms with E-state index in [1.807, 2.05) is 24.3 Å². The molecule has 0 atom stereocenters. The van der Waals surface area contributed by atoms with E-state index in [-0.39, 0.29) is 0 Å². The lowest BCUT2D eigenvalue weighted by molar-refractivity contribution is 0.414. The van der Waals surface area contributed by atoms with Crippen LogP contribution < -0.4 is 4.74 Å². The molecular weight excluding hydrogens is 207 g/mol. The van der Waals surface area contributed by atoms with Crippen LogP contribution in [-0.4, -0.2) is 11.4 Å². The second-order valence-electron chi connectivity index (χ2n) is 3.09. The maximum Gasteiger partial charge on any atom is 0.130 e. The quantitative estimate of drug-likeness (QED) is 0.689. The molecule has 3 heteroatoms. The van der Waals surface area contributed by atoms with E-state index in [9.17, 15) is 0 Å². The monoisotopic (exact) mass is 215 g/mol. The summed E-state index contributed by atoms with van der Waals surface area (Å²) in [6.07, 6.45) is 0.766. The summed E-state index contributed by atoms with van der Waals surface area (Å²) in [4.78, 5) is 0. The van der Waals surface area contributed by atoms with Crippen molar-refractivity contribution in [3.05, 3.63) is 35.7 Å². The van der Waals surface area contributed by atoms with E-state index < -0.39 is 4.33 Å². The standard InChI is InChI=1S/C10H9Cl2O/c1-13-8-4-2-7(3-5-8)9-6-10(9,11)12/h2-5H,6H2,1H3. The van der Waals surface area contributed by atoms with Gasteiger partial charge in [0, 0.05) is 5.92 Å². The van der Waals surface area contributed by atoms with Crippen molar-refractivity contribution in [3.63, 3.8) is 0 Å². The minimum absolute atomic E-state index is 0.616. The second-order valence-corrected chi connectivity index (χ2v) is 4.57. The molecule has 69 valence electrons. The van der Waals surface area contributed by atoms with Crippen LogP contribution in [0.5, 0.6) is 5.75 Å². The molecule has 1 aliphatic rings. The van der Waals surface area contributed by atoms with Crippen molar-refractivity contribution in [1.29, 1.82) is 0 Å². The summed E-state index contributed by atoms with van der Waals surface area (Å²) < 4.78 is 4.43. The molecule has 0 saturated heterocycles. The van der Waals surface area contributed by atoms with Gasteiger partial charge in [-0.25, -0.2) is 0 Å². The molecule has 0 aromatic heterocycles. The van der Waals surface area contributed by atoms with Gasteiger partial charge in [0.2, 0.25) is 0 Å². The van der Waals surface area contributed by atoms with Crippen molar-refractivity contribution >= 4 is 23.2 Å². The van der Waals surface area contributed by atoms with Crippen LogP contribution in [0.25, 0.3) is 0 Å². The highest BCUT2D eigenvalue weighted by atomic mass is 35.5. The molecule has 0 heterocycles. The lowest BCUT2D eigenvalue weighted by Crippen LogP contribution is -1.90. The number of halogens is 2. The fraction of sp³-hybridized carbons (Fsp3) is 0.300. The minimum Gasteiger partial charge on any atom is -0.497 e. The van der Waals surface area contributed by atoms with E-state index >= 15 is 0 Å². The zero-order chi connectivity index (χ0) is 9.47. The van der Waals surface area contributed by atoms with Crippen LogP contribution in [0.2, 0.25) is 0 Å². The van der Waals surface area contributed by atoms with Gasteiger partial charge in [-0.15, -0.1) is 23.2 Å². The molecule has 1 aromatic rings. The van der Waals surface area contributed by atoms with Gasteiger partial charge in [-0.2, -0.15) is 0 Å². The highest BCUT2D eigenvalue weighted by molar-refractivity contribution is 6.53. The Hall–Kier alpha value is -0.400. The second kappa shape index (κ2) is 3.07. The van der Waals surface area contributed by atoms with Gasteiger partial charge in [0.1, 0.15) is 10.1 Å². The van der Waals surface area contributed by atoms with E-state index in [0.717, 1.165) is 23.7 Å². The molecule has 0 aliphatic heterocycles. The molecule has 1 nitrogen and oxygen atoms in total. The highest BCUT2D eigenvalue weighted by Gasteiger charge is 2.53. The fourth-order valence-electron chi connectivity index (χ4n) is 1.28. The van der Waals surface area contributed by atoms with Crippen molar-refractivity contribution in [2.45, 2.75) is 10.8 Å². The van der Waals surface area contributed by atoms with Crippen LogP contribution in [0.4, 0.5) is 0 Å². The summed E-state index contributed by atoms with van der Waals surface area (Å²) >= 11 is 11.8. The fourth-order valence-corrected chi connectivity index (χ4v) is 1.77. The predicted molar refractivity (Wildman–Crippen MR) is 54.4 cm³/mol. The number of alkyl halides is 2. The van der Waals surface area contributed by atoms with E-state index in [1.165, 1.54) is 0 Å². The van der Waals surface area contributed by atoms with Crippen molar-refractivity contribution < 1.29 is 4.74 Å². The third-order valence-corrected chi connectivity index (χ3v) is 2.88. The number of methoxy groups -OCH3 is 1. The molecule has 0 bridgehead atoms. The van der Waals surface area contributed by atoms with Crippen LogP contribution in [0.15, 0.2) is 24.3 Å². The van der Waals surface area contributed by atoms with Crippen molar-refractivity contribution in [2.24, 2.45) is 0 Å². The Balaban J connectivity index is 2.16. The van der Waals surface area contributed by atoms with Crippen LogP contribution in [0.1, 0.15) is 12.0 Å². The zero-order valence-corrected chi connectivity index (χ0v) is 8.69. The molecule has 1 aliphatic carbocycles. The molecule has 13 heavy (non-hydrogen) atoms. The average Bonchev–Trinajstić information content (AvgIpc) is 2.76. The molecular formula is C10H9Cl2O. The Kier molecular flexibility index (Phi) is 2.17. The van der Waals surface area contributed by atoms with Gasteiger partial charge >= 0.3 is 0 Å². The summed E-state index contributed by atoms with van der Waals surface area (Å²) in [7, 11) is 1.65. The maximum absolute atomic E-state index is 5.91. The molecule has 1 aromatic carbocycles. The third kappa shape index (κ3) is 1.77.